The fraction of sp³-hybridized carbons (Fsp3) is 0.200. The topological polar surface area (TPSA) is 67.4 Å². The largest absolute Gasteiger partial charge is 0.492 e. The summed E-state index contributed by atoms with van der Waals surface area (Å²) < 4.78 is 6.74. The lowest BCUT2D eigenvalue weighted by atomic mass is 9.95. The third-order valence-electron chi connectivity index (χ3n) is 5.36. The van der Waals surface area contributed by atoms with Gasteiger partial charge in [0.2, 0.25) is 5.91 Å². The molecule has 1 aliphatic rings. The van der Waals surface area contributed by atoms with Gasteiger partial charge in [-0.1, -0.05) is 46.3 Å². The van der Waals surface area contributed by atoms with Gasteiger partial charge in [0.25, 0.3) is 5.91 Å². The van der Waals surface area contributed by atoms with Gasteiger partial charge in [-0.05, 0) is 66.9 Å². The number of rotatable bonds is 5. The lowest BCUT2D eigenvalue weighted by Gasteiger charge is -2.26. The molecule has 31 heavy (non-hydrogen) atoms. The predicted octanol–water partition coefficient (Wildman–Crippen LogP) is 5.13. The molecule has 2 amide bonds. The summed E-state index contributed by atoms with van der Waals surface area (Å²) in [6, 6.07) is 22.5. The van der Waals surface area contributed by atoms with Crippen LogP contribution in [0, 0.1) is 5.92 Å². The minimum Gasteiger partial charge on any atom is -0.492 e. The average Bonchev–Trinajstić information content (AvgIpc) is 2.79. The first-order valence-corrected chi connectivity index (χ1v) is 11.0. The Morgan fingerprint density at radius 2 is 1.77 bits per heavy atom. The third-order valence-corrected chi connectivity index (χ3v) is 5.89. The highest BCUT2D eigenvalue weighted by Crippen LogP contribution is 2.30. The van der Waals surface area contributed by atoms with E-state index in [0.717, 1.165) is 21.3 Å². The van der Waals surface area contributed by atoms with Gasteiger partial charge < -0.3 is 15.4 Å². The number of halogens is 1. The van der Waals surface area contributed by atoms with E-state index in [-0.39, 0.29) is 23.8 Å². The summed E-state index contributed by atoms with van der Waals surface area (Å²) in [6.45, 7) is 2.31. The minimum atomic E-state index is -0.281. The van der Waals surface area contributed by atoms with Crippen LogP contribution in [0.2, 0.25) is 0 Å². The van der Waals surface area contributed by atoms with E-state index in [2.05, 4.69) is 26.6 Å². The number of anilines is 1. The van der Waals surface area contributed by atoms with Crippen LogP contribution < -0.4 is 15.4 Å². The number of carbonyl (C=O) groups is 2. The van der Waals surface area contributed by atoms with Crippen molar-refractivity contribution in [2.24, 2.45) is 5.92 Å². The Kier molecular flexibility index (Phi) is 6.37. The van der Waals surface area contributed by atoms with Crippen molar-refractivity contribution in [2.75, 3.05) is 11.9 Å². The molecule has 0 saturated carbocycles. The molecule has 1 heterocycles. The van der Waals surface area contributed by atoms with E-state index < -0.39 is 0 Å². The molecule has 1 aliphatic heterocycles. The molecular weight excluding hydrogens is 456 g/mol. The molecule has 2 atom stereocenters. The summed E-state index contributed by atoms with van der Waals surface area (Å²) in [4.78, 5) is 25.3. The van der Waals surface area contributed by atoms with Crippen molar-refractivity contribution in [3.8, 4) is 5.75 Å². The quantitative estimate of drug-likeness (QED) is 0.533. The molecule has 2 N–H and O–H groups in total. The Labute approximate surface area is 189 Å². The van der Waals surface area contributed by atoms with E-state index in [4.69, 9.17) is 4.74 Å². The highest BCUT2D eigenvalue weighted by molar-refractivity contribution is 9.10. The fourth-order valence-electron chi connectivity index (χ4n) is 3.60. The monoisotopic (exact) mass is 478 g/mol. The molecule has 0 radical (unpaired) electrons. The van der Waals surface area contributed by atoms with E-state index in [0.29, 0.717) is 24.3 Å². The lowest BCUT2D eigenvalue weighted by molar-refractivity contribution is -0.126. The van der Waals surface area contributed by atoms with Gasteiger partial charge in [0.15, 0.2) is 0 Å². The number of benzene rings is 3. The zero-order valence-corrected chi connectivity index (χ0v) is 18.7. The van der Waals surface area contributed by atoms with Crippen LogP contribution in [0.1, 0.15) is 34.5 Å². The molecule has 3 aromatic rings. The van der Waals surface area contributed by atoms with Crippen LogP contribution >= 0.6 is 15.9 Å². The van der Waals surface area contributed by atoms with Gasteiger partial charge in [0, 0.05) is 15.7 Å². The lowest BCUT2D eigenvalue weighted by Crippen LogP contribution is -2.38. The molecule has 3 aromatic carbocycles. The third kappa shape index (κ3) is 5.14. The zero-order chi connectivity index (χ0) is 21.8. The first kappa shape index (κ1) is 21.1. The summed E-state index contributed by atoms with van der Waals surface area (Å²) in [6.07, 6.45) is 0.560. The summed E-state index contributed by atoms with van der Waals surface area (Å²) in [7, 11) is 0. The molecule has 0 bridgehead atoms. The molecule has 5 nitrogen and oxygen atoms in total. The number of hydrogen-bond acceptors (Lipinski definition) is 3. The zero-order valence-electron chi connectivity index (χ0n) is 17.1. The number of nitrogens with one attached hydrogen (secondary N) is 2. The maximum Gasteiger partial charge on any atom is 0.255 e. The van der Waals surface area contributed by atoms with Crippen LogP contribution in [0.5, 0.6) is 5.75 Å². The normalized spacial score (nSPS) is 15.9. The Bertz CT molecular complexity index is 1080. The van der Waals surface area contributed by atoms with E-state index in [1.54, 1.807) is 12.1 Å². The van der Waals surface area contributed by atoms with Crippen molar-refractivity contribution in [2.45, 2.75) is 19.4 Å². The van der Waals surface area contributed by atoms with Crippen molar-refractivity contribution < 1.29 is 14.3 Å². The second-order valence-corrected chi connectivity index (χ2v) is 8.55. The molecule has 0 spiro atoms. The predicted molar refractivity (Wildman–Crippen MR) is 124 cm³/mol. The standard InChI is InChI=1S/C25H23BrN2O3/c1-16(17-5-3-2-4-6-17)27-25(30)20-13-19-14-22(11-12-23(19)31-15-20)28-24(29)18-7-9-21(26)10-8-18/h2-12,14,16,20H,13,15H2,1H3,(H,27,30)(H,28,29)/t16-,20+/m0/s1. The summed E-state index contributed by atoms with van der Waals surface area (Å²) in [5.41, 5.74) is 3.22. The maximum atomic E-state index is 12.8. The van der Waals surface area contributed by atoms with Crippen LogP contribution in [-0.4, -0.2) is 18.4 Å². The maximum absolute atomic E-state index is 12.8. The van der Waals surface area contributed by atoms with Crippen molar-refractivity contribution >= 4 is 33.4 Å². The number of carbonyl (C=O) groups excluding carboxylic acids is 2. The first-order valence-electron chi connectivity index (χ1n) is 10.2. The Morgan fingerprint density at radius 1 is 1.03 bits per heavy atom. The molecule has 0 aromatic heterocycles. The second kappa shape index (κ2) is 9.35. The minimum absolute atomic E-state index is 0.0358. The van der Waals surface area contributed by atoms with Crippen LogP contribution in [0.15, 0.2) is 77.3 Å². The van der Waals surface area contributed by atoms with Crippen LogP contribution in [0.25, 0.3) is 0 Å². The number of fused-ring (bicyclic) bond motifs is 1. The van der Waals surface area contributed by atoms with Crippen LogP contribution in [-0.2, 0) is 11.2 Å². The first-order chi connectivity index (χ1) is 15.0. The number of amides is 2. The molecule has 6 heteroatoms. The highest BCUT2D eigenvalue weighted by Gasteiger charge is 2.27. The molecule has 0 unspecified atom stereocenters. The van der Waals surface area contributed by atoms with Crippen LogP contribution in [0.3, 0.4) is 0 Å². The van der Waals surface area contributed by atoms with E-state index in [9.17, 15) is 9.59 Å². The molecular formula is C25H23BrN2O3. The number of hydrogen-bond donors (Lipinski definition) is 2. The Morgan fingerprint density at radius 3 is 2.52 bits per heavy atom. The van der Waals surface area contributed by atoms with Gasteiger partial charge >= 0.3 is 0 Å². The van der Waals surface area contributed by atoms with Gasteiger partial charge in [-0.2, -0.15) is 0 Å². The Hall–Kier alpha value is -3.12. The van der Waals surface area contributed by atoms with E-state index in [1.165, 1.54) is 0 Å². The van der Waals surface area contributed by atoms with Gasteiger partial charge in [-0.25, -0.2) is 0 Å². The molecule has 0 fully saturated rings. The van der Waals surface area contributed by atoms with Gasteiger partial charge in [0.05, 0.1) is 12.0 Å². The Balaban J connectivity index is 1.41. The SMILES string of the molecule is C[C@H](NC(=O)[C@H]1COc2ccc(NC(=O)c3ccc(Br)cc3)cc2C1)c1ccccc1. The van der Waals surface area contributed by atoms with Crippen molar-refractivity contribution in [1.29, 1.82) is 0 Å². The van der Waals surface area contributed by atoms with Gasteiger partial charge in [-0.3, -0.25) is 9.59 Å². The molecule has 4 rings (SSSR count). The smallest absolute Gasteiger partial charge is 0.255 e. The van der Waals surface area contributed by atoms with Crippen LogP contribution in [0.4, 0.5) is 5.69 Å². The summed E-state index contributed by atoms with van der Waals surface area (Å²) in [5.74, 6) is 0.249. The van der Waals surface area contributed by atoms with Gasteiger partial charge in [0.1, 0.15) is 12.4 Å². The molecule has 0 aliphatic carbocycles. The average molecular weight is 479 g/mol. The van der Waals surface area contributed by atoms with E-state index >= 15 is 0 Å². The summed E-state index contributed by atoms with van der Waals surface area (Å²) >= 11 is 3.37. The summed E-state index contributed by atoms with van der Waals surface area (Å²) in [5, 5.41) is 5.99. The van der Waals surface area contributed by atoms with E-state index in [1.807, 2.05) is 67.6 Å². The molecule has 0 saturated heterocycles. The fourth-order valence-corrected chi connectivity index (χ4v) is 3.87. The van der Waals surface area contributed by atoms with Crippen molar-refractivity contribution in [3.63, 3.8) is 0 Å². The highest BCUT2D eigenvalue weighted by atomic mass is 79.9. The number of ether oxygens (including phenoxy) is 1. The second-order valence-electron chi connectivity index (χ2n) is 7.64. The van der Waals surface area contributed by atoms with Gasteiger partial charge in [-0.15, -0.1) is 0 Å². The van der Waals surface area contributed by atoms with Crippen molar-refractivity contribution in [1.82, 2.24) is 5.32 Å². The molecule has 158 valence electrons. The van der Waals surface area contributed by atoms with Crippen molar-refractivity contribution in [3.05, 3.63) is 94.0 Å².